The molecule has 2 aromatic rings. The number of aromatic amines is 1. The van der Waals surface area contributed by atoms with E-state index in [0.717, 1.165) is 21.9 Å². The van der Waals surface area contributed by atoms with E-state index in [-0.39, 0.29) is 0 Å². The summed E-state index contributed by atoms with van der Waals surface area (Å²) in [5, 5.41) is 14.4. The Labute approximate surface area is 104 Å². The van der Waals surface area contributed by atoms with Gasteiger partial charge in [-0.25, -0.2) is 0 Å². The number of hydrogen-bond donors (Lipinski definition) is 1. The third kappa shape index (κ3) is 2.94. The minimum Gasteiger partial charge on any atom is -0.493 e. The number of H-pyrrole nitrogens is 1. The van der Waals surface area contributed by atoms with Crippen LogP contribution in [-0.2, 0) is 6.42 Å². The van der Waals surface area contributed by atoms with Gasteiger partial charge in [-0.3, -0.25) is 0 Å². The van der Waals surface area contributed by atoms with Crippen molar-refractivity contribution in [1.29, 1.82) is 0 Å². The van der Waals surface area contributed by atoms with E-state index < -0.39 is 0 Å². The van der Waals surface area contributed by atoms with Gasteiger partial charge in [-0.15, -0.1) is 10.2 Å². The smallest absolute Gasteiger partial charge is 0.177 e. The van der Waals surface area contributed by atoms with E-state index in [2.05, 4.69) is 20.6 Å². The molecular formula is C11H13ClN4O. The molecule has 0 amide bonds. The number of nitrogens with one attached hydrogen (secondary N) is 1. The zero-order valence-electron chi connectivity index (χ0n) is 9.70. The molecule has 0 saturated heterocycles. The van der Waals surface area contributed by atoms with E-state index in [1.54, 1.807) is 0 Å². The molecule has 1 aromatic heterocycles. The Hall–Kier alpha value is -1.62. The van der Waals surface area contributed by atoms with Gasteiger partial charge in [0, 0.05) is 11.4 Å². The van der Waals surface area contributed by atoms with Crippen LogP contribution in [0.4, 0.5) is 0 Å². The molecular weight excluding hydrogens is 240 g/mol. The second-order valence-corrected chi connectivity index (χ2v) is 4.18. The zero-order chi connectivity index (χ0) is 12.3. The van der Waals surface area contributed by atoms with Crippen LogP contribution in [0.5, 0.6) is 5.75 Å². The fourth-order valence-electron chi connectivity index (χ4n) is 1.54. The van der Waals surface area contributed by atoms with Crippen molar-refractivity contribution in [2.24, 2.45) is 0 Å². The maximum atomic E-state index is 6.08. The van der Waals surface area contributed by atoms with Crippen LogP contribution >= 0.6 is 11.6 Å². The Morgan fingerprint density at radius 2 is 2.00 bits per heavy atom. The van der Waals surface area contributed by atoms with E-state index in [9.17, 15) is 0 Å². The zero-order valence-corrected chi connectivity index (χ0v) is 10.5. The molecule has 1 heterocycles. The predicted molar refractivity (Wildman–Crippen MR) is 64.3 cm³/mol. The van der Waals surface area contributed by atoms with Crippen molar-refractivity contribution in [1.82, 2.24) is 20.6 Å². The molecule has 2 rings (SSSR count). The lowest BCUT2D eigenvalue weighted by atomic mass is 10.1. The normalized spacial score (nSPS) is 10.5. The van der Waals surface area contributed by atoms with E-state index in [0.29, 0.717) is 18.9 Å². The highest BCUT2D eigenvalue weighted by atomic mass is 35.5. The van der Waals surface area contributed by atoms with E-state index in [1.165, 1.54) is 0 Å². The van der Waals surface area contributed by atoms with Crippen molar-refractivity contribution in [3.8, 4) is 5.75 Å². The Balaban J connectivity index is 1.95. The highest BCUT2D eigenvalue weighted by Crippen LogP contribution is 2.25. The van der Waals surface area contributed by atoms with Crippen molar-refractivity contribution in [2.45, 2.75) is 20.3 Å². The van der Waals surface area contributed by atoms with Crippen LogP contribution in [0.2, 0.25) is 5.02 Å². The largest absolute Gasteiger partial charge is 0.493 e. The molecule has 17 heavy (non-hydrogen) atoms. The molecule has 0 spiro atoms. The second-order valence-electron chi connectivity index (χ2n) is 3.80. The van der Waals surface area contributed by atoms with Gasteiger partial charge in [-0.2, -0.15) is 5.21 Å². The monoisotopic (exact) mass is 252 g/mol. The molecule has 1 N–H and O–H groups in total. The number of aromatic nitrogens is 4. The lowest BCUT2D eigenvalue weighted by molar-refractivity contribution is 0.318. The number of benzene rings is 1. The molecule has 0 aliphatic carbocycles. The van der Waals surface area contributed by atoms with E-state index in [1.807, 2.05) is 26.0 Å². The summed E-state index contributed by atoms with van der Waals surface area (Å²) in [6.45, 7) is 4.43. The van der Waals surface area contributed by atoms with E-state index in [4.69, 9.17) is 16.3 Å². The minimum absolute atomic E-state index is 0.514. The first-order valence-electron chi connectivity index (χ1n) is 5.28. The van der Waals surface area contributed by atoms with Gasteiger partial charge in [0.15, 0.2) is 5.82 Å². The van der Waals surface area contributed by atoms with Crippen LogP contribution in [0, 0.1) is 13.8 Å². The maximum absolute atomic E-state index is 6.08. The van der Waals surface area contributed by atoms with Crippen LogP contribution in [0.1, 0.15) is 17.0 Å². The van der Waals surface area contributed by atoms with Crippen molar-refractivity contribution in [3.05, 3.63) is 34.1 Å². The number of rotatable bonds is 4. The summed E-state index contributed by atoms with van der Waals surface area (Å²) < 4.78 is 5.62. The van der Waals surface area contributed by atoms with Crippen molar-refractivity contribution < 1.29 is 4.74 Å². The SMILES string of the molecule is Cc1cc(OCCc2nn[nH]n2)cc(C)c1Cl. The van der Waals surface area contributed by atoms with Crippen LogP contribution < -0.4 is 4.74 Å². The summed E-state index contributed by atoms with van der Waals surface area (Å²) in [4.78, 5) is 0. The number of ether oxygens (including phenoxy) is 1. The molecule has 0 atom stereocenters. The first kappa shape index (κ1) is 11.9. The summed E-state index contributed by atoms with van der Waals surface area (Å²) in [5.41, 5.74) is 2.03. The fourth-order valence-corrected chi connectivity index (χ4v) is 1.65. The molecule has 1 aromatic carbocycles. The summed E-state index contributed by atoms with van der Waals surface area (Å²) in [6, 6.07) is 3.84. The van der Waals surface area contributed by atoms with Crippen molar-refractivity contribution >= 4 is 11.6 Å². The van der Waals surface area contributed by atoms with Crippen LogP contribution in [0.25, 0.3) is 0 Å². The predicted octanol–water partition coefficient (Wildman–Crippen LogP) is 2.09. The van der Waals surface area contributed by atoms with Crippen LogP contribution in [-0.4, -0.2) is 27.2 Å². The lowest BCUT2D eigenvalue weighted by Crippen LogP contribution is -2.03. The van der Waals surface area contributed by atoms with Crippen LogP contribution in [0.15, 0.2) is 12.1 Å². The van der Waals surface area contributed by atoms with Crippen LogP contribution in [0.3, 0.4) is 0 Å². The number of hydrogen-bond acceptors (Lipinski definition) is 4. The first-order valence-corrected chi connectivity index (χ1v) is 5.66. The van der Waals surface area contributed by atoms with Gasteiger partial charge in [0.25, 0.3) is 0 Å². The molecule has 6 heteroatoms. The first-order chi connectivity index (χ1) is 8.16. The Bertz CT molecular complexity index is 475. The average Bonchev–Trinajstić information content (AvgIpc) is 2.79. The molecule has 0 unspecified atom stereocenters. The Morgan fingerprint density at radius 3 is 2.59 bits per heavy atom. The lowest BCUT2D eigenvalue weighted by Gasteiger charge is -2.08. The average molecular weight is 253 g/mol. The molecule has 0 saturated carbocycles. The quantitative estimate of drug-likeness (QED) is 0.905. The molecule has 90 valence electrons. The number of nitrogens with zero attached hydrogens (tertiary/aromatic N) is 3. The van der Waals surface area contributed by atoms with Gasteiger partial charge in [0.2, 0.25) is 0 Å². The third-order valence-electron chi connectivity index (χ3n) is 2.39. The molecule has 0 aliphatic heterocycles. The summed E-state index contributed by atoms with van der Waals surface area (Å²) in [5.74, 6) is 1.46. The number of halogens is 1. The minimum atomic E-state index is 0.514. The molecule has 0 fully saturated rings. The third-order valence-corrected chi connectivity index (χ3v) is 2.99. The fraction of sp³-hybridized carbons (Fsp3) is 0.364. The van der Waals surface area contributed by atoms with Gasteiger partial charge in [0.05, 0.1) is 6.61 Å². The van der Waals surface area contributed by atoms with E-state index >= 15 is 0 Å². The summed E-state index contributed by atoms with van der Waals surface area (Å²) >= 11 is 6.08. The molecule has 0 aliphatic rings. The van der Waals surface area contributed by atoms with Gasteiger partial charge >= 0.3 is 0 Å². The van der Waals surface area contributed by atoms with Gasteiger partial charge in [-0.05, 0) is 37.1 Å². The molecule has 0 radical (unpaired) electrons. The maximum Gasteiger partial charge on any atom is 0.177 e. The second kappa shape index (κ2) is 5.14. The highest BCUT2D eigenvalue weighted by molar-refractivity contribution is 6.32. The molecule has 0 bridgehead atoms. The number of tetrazole rings is 1. The Morgan fingerprint density at radius 1 is 1.29 bits per heavy atom. The van der Waals surface area contributed by atoms with Crippen molar-refractivity contribution in [3.63, 3.8) is 0 Å². The van der Waals surface area contributed by atoms with Gasteiger partial charge in [-0.1, -0.05) is 16.8 Å². The highest BCUT2D eigenvalue weighted by Gasteiger charge is 2.04. The summed E-state index contributed by atoms with van der Waals surface area (Å²) in [7, 11) is 0. The van der Waals surface area contributed by atoms with Gasteiger partial charge < -0.3 is 4.74 Å². The number of aryl methyl sites for hydroxylation is 2. The Kier molecular flexibility index (Phi) is 3.58. The standard InChI is InChI=1S/C11H13ClN4O/c1-7-5-9(6-8(2)11(7)12)17-4-3-10-13-15-16-14-10/h5-6H,3-4H2,1-2H3,(H,13,14,15,16). The van der Waals surface area contributed by atoms with Gasteiger partial charge in [0.1, 0.15) is 5.75 Å². The molecule has 5 nitrogen and oxygen atoms in total. The topological polar surface area (TPSA) is 63.7 Å². The van der Waals surface area contributed by atoms with Crippen molar-refractivity contribution in [2.75, 3.05) is 6.61 Å². The summed E-state index contributed by atoms with van der Waals surface area (Å²) in [6.07, 6.45) is 0.622.